The first-order valence-corrected chi connectivity index (χ1v) is 4.51. The molecule has 7 nitrogen and oxygen atoms in total. The Morgan fingerprint density at radius 2 is 2.11 bits per heavy atom. The van der Waals surface area contributed by atoms with Crippen molar-refractivity contribution in [3.63, 3.8) is 0 Å². The van der Waals surface area contributed by atoms with Gasteiger partial charge in [0.2, 0.25) is 11.4 Å². The molecule has 0 bridgehead atoms. The van der Waals surface area contributed by atoms with Crippen LogP contribution >= 0.6 is 0 Å². The highest BCUT2D eigenvalue weighted by Gasteiger charge is 2.33. The van der Waals surface area contributed by atoms with E-state index in [0.29, 0.717) is 6.20 Å². The van der Waals surface area contributed by atoms with Gasteiger partial charge in [0, 0.05) is 6.20 Å². The number of nitro groups is 1. The summed E-state index contributed by atoms with van der Waals surface area (Å²) < 4.78 is 34.1. The van der Waals surface area contributed by atoms with Crippen LogP contribution in [0.3, 0.4) is 0 Å². The van der Waals surface area contributed by atoms with Gasteiger partial charge in [-0.1, -0.05) is 0 Å². The number of nitrogens with zero attached hydrogens (tertiary/aromatic N) is 2. The minimum atomic E-state index is -3.02. The molecule has 0 saturated carbocycles. The lowest BCUT2D eigenvalue weighted by molar-refractivity contribution is -0.386. The first-order chi connectivity index (χ1) is 8.43. The molecule has 0 saturated heterocycles. The maximum absolute atomic E-state index is 12.6. The van der Waals surface area contributed by atoms with Crippen LogP contribution in [0.4, 0.5) is 14.5 Å². The molecule has 0 radical (unpaired) electrons. The smallest absolute Gasteiger partial charge is 0.364 e. The summed E-state index contributed by atoms with van der Waals surface area (Å²) in [7, 11) is 1.97. The monoisotopic (exact) mass is 262 g/mol. The number of esters is 1. The number of hydrogen-bond acceptors (Lipinski definition) is 6. The highest BCUT2D eigenvalue weighted by molar-refractivity contribution is 5.93. The van der Waals surface area contributed by atoms with Gasteiger partial charge >= 0.3 is 11.7 Å². The van der Waals surface area contributed by atoms with Gasteiger partial charge in [0.25, 0.3) is 6.43 Å². The molecule has 1 aromatic heterocycles. The average molecular weight is 262 g/mol. The van der Waals surface area contributed by atoms with E-state index in [4.69, 9.17) is 0 Å². The Balaban J connectivity index is 3.58. The van der Waals surface area contributed by atoms with E-state index in [1.807, 2.05) is 0 Å². The highest BCUT2D eigenvalue weighted by Crippen LogP contribution is 2.38. The van der Waals surface area contributed by atoms with Gasteiger partial charge in [-0.2, -0.15) is 0 Å². The van der Waals surface area contributed by atoms with E-state index in [9.17, 15) is 23.7 Å². The van der Waals surface area contributed by atoms with Gasteiger partial charge in [0.1, 0.15) is 0 Å². The number of methoxy groups -OCH3 is 2. The zero-order valence-electron chi connectivity index (χ0n) is 9.35. The zero-order valence-corrected chi connectivity index (χ0v) is 9.35. The quantitative estimate of drug-likeness (QED) is 0.466. The second-order valence-electron chi connectivity index (χ2n) is 2.99. The second kappa shape index (κ2) is 5.34. The largest absolute Gasteiger partial charge is 0.490 e. The number of carbonyl (C=O) groups excluding carboxylic acids is 1. The van der Waals surface area contributed by atoms with E-state index in [1.54, 1.807) is 0 Å². The van der Waals surface area contributed by atoms with Crippen molar-refractivity contribution in [2.45, 2.75) is 6.43 Å². The third-order valence-corrected chi connectivity index (χ3v) is 2.03. The minimum Gasteiger partial charge on any atom is -0.490 e. The molecule has 18 heavy (non-hydrogen) atoms. The Bertz CT molecular complexity index is 492. The number of rotatable bonds is 4. The van der Waals surface area contributed by atoms with E-state index >= 15 is 0 Å². The summed E-state index contributed by atoms with van der Waals surface area (Å²) in [5, 5.41) is 10.8. The molecule has 0 aromatic carbocycles. The number of aromatic nitrogens is 1. The standard InChI is InChI=1S/C9H8F2N2O5/c1-17-7-4(8(10)11)3-12-5(9(14)18-2)6(7)13(15)16/h3,8H,1-2H3. The Morgan fingerprint density at radius 3 is 2.50 bits per heavy atom. The molecule has 0 aliphatic carbocycles. The fourth-order valence-electron chi connectivity index (χ4n) is 1.28. The van der Waals surface area contributed by atoms with Gasteiger partial charge in [0.15, 0.2) is 0 Å². The fraction of sp³-hybridized carbons (Fsp3) is 0.333. The first-order valence-electron chi connectivity index (χ1n) is 4.51. The molecule has 1 rings (SSSR count). The second-order valence-corrected chi connectivity index (χ2v) is 2.99. The molecule has 1 heterocycles. The Hall–Kier alpha value is -2.32. The molecule has 0 unspecified atom stereocenters. The van der Waals surface area contributed by atoms with Crippen molar-refractivity contribution >= 4 is 11.7 Å². The van der Waals surface area contributed by atoms with Gasteiger partial charge in [-0.3, -0.25) is 10.1 Å². The predicted molar refractivity (Wildman–Crippen MR) is 53.7 cm³/mol. The number of halogens is 2. The summed E-state index contributed by atoms with van der Waals surface area (Å²) >= 11 is 0. The van der Waals surface area contributed by atoms with Crippen LogP contribution in [0, 0.1) is 10.1 Å². The van der Waals surface area contributed by atoms with Crippen LogP contribution in [0.1, 0.15) is 22.5 Å². The Kier molecular flexibility index (Phi) is 4.08. The van der Waals surface area contributed by atoms with Crippen molar-refractivity contribution in [1.82, 2.24) is 4.98 Å². The summed E-state index contributed by atoms with van der Waals surface area (Å²) in [4.78, 5) is 24.4. The summed E-state index contributed by atoms with van der Waals surface area (Å²) in [6.07, 6.45) is -2.37. The molecule has 1 aromatic rings. The van der Waals surface area contributed by atoms with Crippen molar-refractivity contribution < 1.29 is 28.0 Å². The van der Waals surface area contributed by atoms with E-state index in [-0.39, 0.29) is 0 Å². The lowest BCUT2D eigenvalue weighted by atomic mass is 10.2. The molecule has 0 aliphatic heterocycles. The summed E-state index contributed by atoms with van der Waals surface area (Å²) in [5.74, 6) is -1.81. The maximum Gasteiger partial charge on any atom is 0.364 e. The predicted octanol–water partition coefficient (Wildman–Crippen LogP) is 1.72. The molecular weight excluding hydrogens is 254 g/mol. The van der Waals surface area contributed by atoms with Crippen LogP contribution in [0.5, 0.6) is 5.75 Å². The Labute approximate surface area is 99.5 Å². The lowest BCUT2D eigenvalue weighted by Gasteiger charge is -2.09. The van der Waals surface area contributed by atoms with Crippen LogP contribution in [-0.2, 0) is 4.74 Å². The van der Waals surface area contributed by atoms with Crippen LogP contribution in [-0.4, -0.2) is 30.1 Å². The number of carbonyl (C=O) groups is 1. The van der Waals surface area contributed by atoms with Crippen LogP contribution in [0.25, 0.3) is 0 Å². The fourth-order valence-corrected chi connectivity index (χ4v) is 1.28. The van der Waals surface area contributed by atoms with Crippen LogP contribution in [0.15, 0.2) is 6.20 Å². The maximum atomic E-state index is 12.6. The summed E-state index contributed by atoms with van der Waals surface area (Å²) in [5.41, 5.74) is -2.40. The molecular formula is C9H8F2N2O5. The van der Waals surface area contributed by atoms with Crippen molar-refractivity contribution in [2.24, 2.45) is 0 Å². The highest BCUT2D eigenvalue weighted by atomic mass is 19.3. The summed E-state index contributed by atoms with van der Waals surface area (Å²) in [6.45, 7) is 0. The summed E-state index contributed by atoms with van der Waals surface area (Å²) in [6, 6.07) is 0. The SMILES string of the molecule is COC(=O)c1ncc(C(F)F)c(OC)c1[N+](=O)[O-]. The van der Waals surface area contributed by atoms with Gasteiger partial charge in [0.05, 0.1) is 24.7 Å². The van der Waals surface area contributed by atoms with Gasteiger partial charge < -0.3 is 9.47 Å². The first kappa shape index (κ1) is 13.7. The molecule has 0 fully saturated rings. The molecule has 9 heteroatoms. The Morgan fingerprint density at radius 1 is 1.50 bits per heavy atom. The normalized spacial score (nSPS) is 10.3. The van der Waals surface area contributed by atoms with Gasteiger partial charge in [-0.25, -0.2) is 18.6 Å². The topological polar surface area (TPSA) is 91.6 Å². The van der Waals surface area contributed by atoms with Crippen molar-refractivity contribution in [3.8, 4) is 5.75 Å². The lowest BCUT2D eigenvalue weighted by Crippen LogP contribution is -2.11. The molecule has 0 amide bonds. The number of alkyl halides is 2. The zero-order chi connectivity index (χ0) is 13.9. The van der Waals surface area contributed by atoms with Gasteiger partial charge in [-0.15, -0.1) is 0 Å². The molecule has 0 atom stereocenters. The van der Waals surface area contributed by atoms with Crippen molar-refractivity contribution in [3.05, 3.63) is 27.6 Å². The third kappa shape index (κ3) is 2.34. The molecule has 0 aliphatic rings. The minimum absolute atomic E-state index is 0.642. The van der Waals surface area contributed by atoms with E-state index in [0.717, 1.165) is 14.2 Å². The van der Waals surface area contributed by atoms with Crippen LogP contribution < -0.4 is 4.74 Å². The number of hydrogen-bond donors (Lipinski definition) is 0. The average Bonchev–Trinajstić information content (AvgIpc) is 2.35. The molecule has 0 N–H and O–H groups in total. The van der Waals surface area contributed by atoms with E-state index in [1.165, 1.54) is 0 Å². The van der Waals surface area contributed by atoms with E-state index in [2.05, 4.69) is 14.5 Å². The molecule has 0 spiro atoms. The van der Waals surface area contributed by atoms with Crippen molar-refractivity contribution in [1.29, 1.82) is 0 Å². The number of pyridine rings is 1. The number of ether oxygens (including phenoxy) is 2. The van der Waals surface area contributed by atoms with E-state index < -0.39 is 40.0 Å². The van der Waals surface area contributed by atoms with Crippen molar-refractivity contribution in [2.75, 3.05) is 14.2 Å². The third-order valence-electron chi connectivity index (χ3n) is 2.03. The van der Waals surface area contributed by atoms with Crippen LogP contribution in [0.2, 0.25) is 0 Å². The molecule has 98 valence electrons. The van der Waals surface area contributed by atoms with Gasteiger partial charge in [-0.05, 0) is 0 Å².